The van der Waals surface area contributed by atoms with Crippen molar-refractivity contribution in [2.24, 2.45) is 5.10 Å². The number of rotatable bonds is 5. The van der Waals surface area contributed by atoms with Crippen molar-refractivity contribution in [3.63, 3.8) is 0 Å². The summed E-state index contributed by atoms with van der Waals surface area (Å²) in [6, 6.07) is 23.7. The van der Waals surface area contributed by atoms with Gasteiger partial charge in [-0.2, -0.15) is 10.2 Å². The monoisotopic (exact) mass is 432 g/mol. The summed E-state index contributed by atoms with van der Waals surface area (Å²) in [6.45, 7) is 0.597. The predicted molar refractivity (Wildman–Crippen MR) is 114 cm³/mol. The lowest BCUT2D eigenvalue weighted by atomic mass is 10.1. The minimum Gasteiger partial charge on any atom is -0.268 e. The van der Waals surface area contributed by atoms with Crippen molar-refractivity contribution in [3.05, 3.63) is 100 Å². The Bertz CT molecular complexity index is 1140. The van der Waals surface area contributed by atoms with Crippen LogP contribution in [0.15, 0.2) is 88.6 Å². The number of amides is 1. The van der Waals surface area contributed by atoms with E-state index >= 15 is 0 Å². The van der Waals surface area contributed by atoms with Crippen molar-refractivity contribution < 1.29 is 4.79 Å². The zero-order valence-corrected chi connectivity index (χ0v) is 16.5. The first-order valence-corrected chi connectivity index (χ1v) is 9.57. The van der Waals surface area contributed by atoms with Crippen molar-refractivity contribution >= 4 is 38.8 Å². The van der Waals surface area contributed by atoms with Crippen molar-refractivity contribution in [2.45, 2.75) is 6.54 Å². The largest absolute Gasteiger partial charge is 0.291 e. The maximum Gasteiger partial charge on any atom is 0.291 e. The fourth-order valence-electron chi connectivity index (χ4n) is 2.93. The highest BCUT2D eigenvalue weighted by Gasteiger charge is 2.09. The average molecular weight is 433 g/mol. The maximum absolute atomic E-state index is 12.3. The fraction of sp³-hybridized carbons (Fsp3) is 0.0455. The number of carbonyl (C=O) groups is 1. The SMILES string of the molecule is O=C(N/N=C\c1cccc2ccccc12)c1ccn(Cc2ccc(Br)cc2)n1. The first-order valence-electron chi connectivity index (χ1n) is 8.78. The van der Waals surface area contributed by atoms with Crippen LogP contribution in [0.3, 0.4) is 0 Å². The second-order valence-electron chi connectivity index (χ2n) is 6.29. The Kier molecular flexibility index (Phi) is 5.30. The number of benzene rings is 3. The van der Waals surface area contributed by atoms with Gasteiger partial charge in [0.25, 0.3) is 5.91 Å². The third-order valence-electron chi connectivity index (χ3n) is 4.32. The Morgan fingerprint density at radius 1 is 1.04 bits per heavy atom. The van der Waals surface area contributed by atoms with Gasteiger partial charge in [0.1, 0.15) is 0 Å². The van der Waals surface area contributed by atoms with Crippen LogP contribution in [-0.2, 0) is 6.54 Å². The summed E-state index contributed by atoms with van der Waals surface area (Å²) in [4.78, 5) is 12.3. The third kappa shape index (κ3) is 4.18. The molecule has 0 saturated heterocycles. The van der Waals surface area contributed by atoms with Crippen LogP contribution >= 0.6 is 15.9 Å². The summed E-state index contributed by atoms with van der Waals surface area (Å²) >= 11 is 3.42. The van der Waals surface area contributed by atoms with Crippen LogP contribution in [0.2, 0.25) is 0 Å². The number of hydrazone groups is 1. The van der Waals surface area contributed by atoms with Crippen molar-refractivity contribution in [1.29, 1.82) is 0 Å². The summed E-state index contributed by atoms with van der Waals surface area (Å²) in [7, 11) is 0. The molecular formula is C22H17BrN4O. The molecule has 0 aliphatic rings. The molecule has 1 amide bonds. The molecule has 0 spiro atoms. The molecule has 0 radical (unpaired) electrons. The van der Waals surface area contributed by atoms with Gasteiger partial charge in [-0.25, -0.2) is 5.43 Å². The zero-order chi connectivity index (χ0) is 19.3. The van der Waals surface area contributed by atoms with Crippen molar-refractivity contribution in [2.75, 3.05) is 0 Å². The number of hydrogen-bond donors (Lipinski definition) is 1. The summed E-state index contributed by atoms with van der Waals surface area (Å²) in [6.07, 6.45) is 3.43. The number of halogens is 1. The van der Waals surface area contributed by atoms with Crippen molar-refractivity contribution in [3.8, 4) is 0 Å². The number of hydrogen-bond acceptors (Lipinski definition) is 3. The molecule has 28 heavy (non-hydrogen) atoms. The highest BCUT2D eigenvalue weighted by Crippen LogP contribution is 2.16. The molecular weight excluding hydrogens is 416 g/mol. The van der Waals surface area contributed by atoms with Gasteiger partial charge in [-0.15, -0.1) is 0 Å². The Morgan fingerprint density at radius 3 is 2.68 bits per heavy atom. The molecule has 1 heterocycles. The molecule has 0 fully saturated rings. The molecule has 0 atom stereocenters. The molecule has 0 aliphatic carbocycles. The smallest absolute Gasteiger partial charge is 0.268 e. The van der Waals surface area contributed by atoms with Gasteiger partial charge in [0.05, 0.1) is 12.8 Å². The van der Waals surface area contributed by atoms with E-state index in [0.717, 1.165) is 26.4 Å². The lowest BCUT2D eigenvalue weighted by molar-refractivity contribution is 0.0949. The van der Waals surface area contributed by atoms with E-state index < -0.39 is 0 Å². The van der Waals surface area contributed by atoms with Gasteiger partial charge in [-0.3, -0.25) is 9.48 Å². The number of fused-ring (bicyclic) bond motifs is 1. The predicted octanol–water partition coefficient (Wildman–Crippen LogP) is 4.61. The van der Waals surface area contributed by atoms with E-state index in [1.807, 2.05) is 66.7 Å². The highest BCUT2D eigenvalue weighted by atomic mass is 79.9. The van der Waals surface area contributed by atoms with Crippen LogP contribution in [0.5, 0.6) is 0 Å². The van der Waals surface area contributed by atoms with E-state index in [9.17, 15) is 4.79 Å². The Balaban J connectivity index is 1.42. The summed E-state index contributed by atoms with van der Waals surface area (Å²) in [5, 5.41) is 10.6. The summed E-state index contributed by atoms with van der Waals surface area (Å²) in [5.74, 6) is -0.342. The van der Waals surface area contributed by atoms with E-state index in [0.29, 0.717) is 12.2 Å². The second kappa shape index (κ2) is 8.19. The average Bonchev–Trinajstić information content (AvgIpc) is 3.18. The minimum atomic E-state index is -0.342. The van der Waals surface area contributed by atoms with Crippen LogP contribution < -0.4 is 5.43 Å². The van der Waals surface area contributed by atoms with E-state index in [-0.39, 0.29) is 5.91 Å². The van der Waals surface area contributed by atoms with E-state index in [2.05, 4.69) is 31.6 Å². The molecule has 138 valence electrons. The maximum atomic E-state index is 12.3. The number of carbonyl (C=O) groups excluding carboxylic acids is 1. The molecule has 0 saturated carbocycles. The van der Waals surface area contributed by atoms with Gasteiger partial charge in [-0.05, 0) is 34.5 Å². The van der Waals surface area contributed by atoms with Crippen LogP contribution in [0.1, 0.15) is 21.6 Å². The number of nitrogens with zero attached hydrogens (tertiary/aromatic N) is 3. The fourth-order valence-corrected chi connectivity index (χ4v) is 3.19. The molecule has 0 unspecified atom stereocenters. The summed E-state index contributed by atoms with van der Waals surface area (Å²) < 4.78 is 2.76. The standard InChI is InChI=1S/C22H17BrN4O/c23-19-10-8-16(9-11-19)15-27-13-12-21(26-27)22(28)25-24-14-18-6-3-5-17-4-1-2-7-20(17)18/h1-14H,15H2,(H,25,28)/b24-14-. The van der Waals surface area contributed by atoms with Crippen LogP contribution in [0, 0.1) is 0 Å². The molecule has 1 aromatic heterocycles. The lowest BCUT2D eigenvalue weighted by Gasteiger charge is -2.02. The van der Waals surface area contributed by atoms with Crippen LogP contribution in [-0.4, -0.2) is 21.9 Å². The Labute approximate surface area is 170 Å². The van der Waals surface area contributed by atoms with E-state index in [1.165, 1.54) is 0 Å². The van der Waals surface area contributed by atoms with E-state index in [4.69, 9.17) is 0 Å². The van der Waals surface area contributed by atoms with Gasteiger partial charge in [0, 0.05) is 16.2 Å². The molecule has 4 aromatic rings. The Hall–Kier alpha value is -3.25. The molecule has 1 N–H and O–H groups in total. The van der Waals surface area contributed by atoms with Gasteiger partial charge >= 0.3 is 0 Å². The minimum absolute atomic E-state index is 0.326. The van der Waals surface area contributed by atoms with Crippen molar-refractivity contribution in [1.82, 2.24) is 15.2 Å². The Morgan fingerprint density at radius 2 is 1.82 bits per heavy atom. The first kappa shape index (κ1) is 18.1. The van der Waals surface area contributed by atoms with Gasteiger partial charge < -0.3 is 0 Å². The first-order chi connectivity index (χ1) is 13.7. The zero-order valence-electron chi connectivity index (χ0n) is 14.9. The molecule has 0 bridgehead atoms. The normalized spacial score (nSPS) is 11.2. The van der Waals surface area contributed by atoms with Gasteiger partial charge in [0.15, 0.2) is 5.69 Å². The second-order valence-corrected chi connectivity index (χ2v) is 7.21. The molecule has 4 rings (SSSR count). The van der Waals surface area contributed by atoms with E-state index in [1.54, 1.807) is 23.2 Å². The van der Waals surface area contributed by atoms with Gasteiger partial charge in [0.2, 0.25) is 0 Å². The number of aromatic nitrogens is 2. The highest BCUT2D eigenvalue weighted by molar-refractivity contribution is 9.10. The van der Waals surface area contributed by atoms with Crippen LogP contribution in [0.4, 0.5) is 0 Å². The lowest BCUT2D eigenvalue weighted by Crippen LogP contribution is -2.18. The molecule has 6 heteroatoms. The number of nitrogens with one attached hydrogen (secondary N) is 1. The van der Waals surface area contributed by atoms with Gasteiger partial charge in [-0.1, -0.05) is 70.5 Å². The van der Waals surface area contributed by atoms with Crippen LogP contribution in [0.25, 0.3) is 10.8 Å². The summed E-state index contributed by atoms with van der Waals surface area (Å²) in [5.41, 5.74) is 4.92. The molecule has 5 nitrogen and oxygen atoms in total. The topological polar surface area (TPSA) is 59.3 Å². The quantitative estimate of drug-likeness (QED) is 0.369. The third-order valence-corrected chi connectivity index (χ3v) is 4.85. The molecule has 3 aromatic carbocycles. The molecule has 0 aliphatic heterocycles.